The molecule has 1 fully saturated rings. The average Bonchev–Trinajstić information content (AvgIpc) is 2.92. The van der Waals surface area contributed by atoms with E-state index in [0.29, 0.717) is 6.04 Å². The molecule has 1 N–H and O–H groups in total. The molecule has 3 heteroatoms. The highest BCUT2D eigenvalue weighted by molar-refractivity contribution is 9.10. The molecule has 0 bridgehead atoms. The van der Waals surface area contributed by atoms with Gasteiger partial charge >= 0.3 is 0 Å². The van der Waals surface area contributed by atoms with Crippen molar-refractivity contribution in [2.24, 2.45) is 5.92 Å². The van der Waals surface area contributed by atoms with Crippen LogP contribution in [-0.4, -0.2) is 12.6 Å². The van der Waals surface area contributed by atoms with Crippen LogP contribution in [0.2, 0.25) is 0 Å². The van der Waals surface area contributed by atoms with Crippen LogP contribution in [0.4, 0.5) is 4.39 Å². The minimum Gasteiger partial charge on any atom is -0.314 e. The van der Waals surface area contributed by atoms with Gasteiger partial charge in [0.15, 0.2) is 0 Å². The number of halogens is 2. The van der Waals surface area contributed by atoms with E-state index in [4.69, 9.17) is 0 Å². The van der Waals surface area contributed by atoms with E-state index in [-0.39, 0.29) is 5.82 Å². The first-order valence-electron chi connectivity index (χ1n) is 7.86. The van der Waals surface area contributed by atoms with Crippen LogP contribution >= 0.6 is 15.9 Å². The lowest BCUT2D eigenvalue weighted by atomic mass is 9.95. The summed E-state index contributed by atoms with van der Waals surface area (Å²) in [6.45, 7) is 3.08. The Morgan fingerprint density at radius 1 is 1.35 bits per heavy atom. The highest BCUT2D eigenvalue weighted by Crippen LogP contribution is 2.29. The third kappa shape index (κ3) is 4.85. The molecule has 0 heterocycles. The summed E-state index contributed by atoms with van der Waals surface area (Å²) in [4.78, 5) is 0. The molecule has 1 unspecified atom stereocenters. The van der Waals surface area contributed by atoms with E-state index in [1.165, 1.54) is 32.1 Å². The van der Waals surface area contributed by atoms with Gasteiger partial charge in [0.25, 0.3) is 0 Å². The number of nitrogens with one attached hydrogen (secondary N) is 1. The van der Waals surface area contributed by atoms with E-state index in [9.17, 15) is 4.39 Å². The summed E-state index contributed by atoms with van der Waals surface area (Å²) in [7, 11) is 0. The Bertz CT molecular complexity index is 415. The molecule has 0 spiro atoms. The van der Waals surface area contributed by atoms with Crippen molar-refractivity contribution < 1.29 is 4.39 Å². The summed E-state index contributed by atoms with van der Waals surface area (Å²) < 4.78 is 14.7. The first-order valence-corrected chi connectivity index (χ1v) is 8.65. The van der Waals surface area contributed by atoms with Crippen molar-refractivity contribution in [2.45, 2.75) is 57.9 Å². The first-order chi connectivity index (χ1) is 9.69. The van der Waals surface area contributed by atoms with Crippen LogP contribution in [0.1, 0.15) is 51.0 Å². The Hall–Kier alpha value is -0.410. The number of hydrogen-bond donors (Lipinski definition) is 1. The van der Waals surface area contributed by atoms with Crippen LogP contribution in [0, 0.1) is 11.7 Å². The molecule has 1 saturated carbocycles. The molecule has 0 aliphatic heterocycles. The topological polar surface area (TPSA) is 12.0 Å². The molecule has 0 aromatic heterocycles. The normalized spacial score (nSPS) is 17.6. The maximum atomic E-state index is 13.9. The van der Waals surface area contributed by atoms with Gasteiger partial charge in [0.2, 0.25) is 0 Å². The maximum Gasteiger partial charge on any atom is 0.127 e. The van der Waals surface area contributed by atoms with Crippen molar-refractivity contribution in [3.63, 3.8) is 0 Å². The zero-order valence-electron chi connectivity index (χ0n) is 12.3. The van der Waals surface area contributed by atoms with Crippen molar-refractivity contribution in [3.8, 4) is 0 Å². The molecule has 112 valence electrons. The van der Waals surface area contributed by atoms with Gasteiger partial charge in [0.1, 0.15) is 5.82 Å². The summed E-state index contributed by atoms with van der Waals surface area (Å²) in [5, 5.41) is 3.52. The summed E-state index contributed by atoms with van der Waals surface area (Å²) >= 11 is 3.31. The maximum absolute atomic E-state index is 13.9. The largest absolute Gasteiger partial charge is 0.314 e. The highest BCUT2D eigenvalue weighted by Gasteiger charge is 2.18. The third-order valence-electron chi connectivity index (χ3n) is 4.37. The molecule has 1 aliphatic rings. The number of rotatable bonds is 7. The van der Waals surface area contributed by atoms with Crippen LogP contribution in [-0.2, 0) is 6.42 Å². The van der Waals surface area contributed by atoms with Crippen LogP contribution < -0.4 is 5.32 Å². The van der Waals surface area contributed by atoms with Crippen LogP contribution in [0.3, 0.4) is 0 Å². The molecule has 20 heavy (non-hydrogen) atoms. The van der Waals surface area contributed by atoms with Gasteiger partial charge in [-0.3, -0.25) is 0 Å². The number of likely N-dealkylation sites (N-methyl/N-ethyl adjacent to an activating group) is 1. The molecular weight excluding hydrogens is 317 g/mol. The number of benzene rings is 1. The Labute approximate surface area is 130 Å². The molecule has 1 atom stereocenters. The smallest absolute Gasteiger partial charge is 0.127 e. The van der Waals surface area contributed by atoms with Crippen molar-refractivity contribution >= 4 is 15.9 Å². The van der Waals surface area contributed by atoms with Gasteiger partial charge in [-0.25, -0.2) is 4.39 Å². The second-order valence-corrected chi connectivity index (χ2v) is 6.84. The van der Waals surface area contributed by atoms with E-state index < -0.39 is 0 Å². The second kappa shape index (κ2) is 8.14. The van der Waals surface area contributed by atoms with Gasteiger partial charge < -0.3 is 5.32 Å². The summed E-state index contributed by atoms with van der Waals surface area (Å²) in [6, 6.07) is 5.80. The Morgan fingerprint density at radius 2 is 2.10 bits per heavy atom. The zero-order chi connectivity index (χ0) is 14.4. The number of hydrogen-bond acceptors (Lipinski definition) is 1. The van der Waals surface area contributed by atoms with E-state index >= 15 is 0 Å². The van der Waals surface area contributed by atoms with E-state index in [1.54, 1.807) is 6.07 Å². The quantitative estimate of drug-likeness (QED) is 0.729. The molecule has 1 aromatic carbocycles. The molecule has 0 saturated heterocycles. The summed E-state index contributed by atoms with van der Waals surface area (Å²) in [6.07, 6.45) is 8.83. The molecule has 1 nitrogen and oxygen atoms in total. The fourth-order valence-electron chi connectivity index (χ4n) is 3.25. The van der Waals surface area contributed by atoms with Crippen molar-refractivity contribution in [3.05, 3.63) is 34.1 Å². The van der Waals surface area contributed by atoms with Gasteiger partial charge in [0, 0.05) is 10.5 Å². The van der Waals surface area contributed by atoms with Gasteiger partial charge in [-0.15, -0.1) is 0 Å². The summed E-state index contributed by atoms with van der Waals surface area (Å²) in [5.41, 5.74) is 0.825. The molecule has 0 amide bonds. The van der Waals surface area contributed by atoms with Crippen LogP contribution in [0.15, 0.2) is 22.7 Å². The summed E-state index contributed by atoms with van der Waals surface area (Å²) in [5.74, 6) is 0.814. The molecule has 2 rings (SSSR count). The van der Waals surface area contributed by atoms with Gasteiger partial charge in [-0.05, 0) is 49.4 Å². The van der Waals surface area contributed by atoms with Gasteiger partial charge in [-0.1, -0.05) is 54.6 Å². The Balaban J connectivity index is 1.90. The monoisotopic (exact) mass is 341 g/mol. The lowest BCUT2D eigenvalue weighted by Crippen LogP contribution is -2.31. The molecular formula is C17H25BrFN. The minimum atomic E-state index is -0.0943. The Kier molecular flexibility index (Phi) is 6.50. The SMILES string of the molecule is CCNC(CCC1CCCC1)Cc1ccc(Br)cc1F. The van der Waals surface area contributed by atoms with E-state index in [0.717, 1.165) is 35.3 Å². The lowest BCUT2D eigenvalue weighted by molar-refractivity contribution is 0.404. The van der Waals surface area contributed by atoms with Crippen molar-refractivity contribution in [2.75, 3.05) is 6.54 Å². The van der Waals surface area contributed by atoms with Gasteiger partial charge in [0.05, 0.1) is 0 Å². The van der Waals surface area contributed by atoms with Gasteiger partial charge in [-0.2, -0.15) is 0 Å². The molecule has 0 radical (unpaired) electrons. The van der Waals surface area contributed by atoms with E-state index in [1.807, 2.05) is 12.1 Å². The highest BCUT2D eigenvalue weighted by atomic mass is 79.9. The predicted octanol–water partition coefficient (Wildman–Crippen LogP) is 5.08. The minimum absolute atomic E-state index is 0.0943. The standard InChI is InChI=1S/C17H25BrFN/c1-2-20-16(10-7-13-5-3-4-6-13)11-14-8-9-15(18)12-17(14)19/h8-9,12-13,16,20H,2-7,10-11H2,1H3. The van der Waals surface area contributed by atoms with Crippen molar-refractivity contribution in [1.29, 1.82) is 0 Å². The van der Waals surface area contributed by atoms with Crippen molar-refractivity contribution in [1.82, 2.24) is 5.32 Å². The lowest BCUT2D eigenvalue weighted by Gasteiger charge is -2.20. The predicted molar refractivity (Wildman–Crippen MR) is 86.5 cm³/mol. The van der Waals surface area contributed by atoms with Crippen LogP contribution in [0.25, 0.3) is 0 Å². The van der Waals surface area contributed by atoms with E-state index in [2.05, 4.69) is 28.2 Å². The zero-order valence-corrected chi connectivity index (χ0v) is 13.9. The second-order valence-electron chi connectivity index (χ2n) is 5.92. The third-order valence-corrected chi connectivity index (χ3v) is 4.87. The van der Waals surface area contributed by atoms with Crippen LogP contribution in [0.5, 0.6) is 0 Å². The fraction of sp³-hybridized carbons (Fsp3) is 0.647. The Morgan fingerprint density at radius 3 is 2.75 bits per heavy atom. The molecule has 1 aromatic rings. The average molecular weight is 342 g/mol. The fourth-order valence-corrected chi connectivity index (χ4v) is 3.59. The first kappa shape index (κ1) is 16.0. The molecule has 1 aliphatic carbocycles.